The normalized spacial score (nSPS) is 23.5. The number of hydrogen-bond acceptors (Lipinski definition) is 3. The van der Waals surface area contributed by atoms with Gasteiger partial charge in [-0.2, -0.15) is 0 Å². The van der Waals surface area contributed by atoms with Crippen molar-refractivity contribution >= 4 is 24.3 Å². The Morgan fingerprint density at radius 1 is 1.45 bits per heavy atom. The summed E-state index contributed by atoms with van der Waals surface area (Å²) in [4.78, 5) is 15.5. The van der Waals surface area contributed by atoms with Crippen LogP contribution in [0.2, 0.25) is 5.02 Å². The van der Waals surface area contributed by atoms with Crippen LogP contribution in [0, 0.1) is 5.92 Å². The molecule has 0 saturated carbocycles. The highest BCUT2D eigenvalue weighted by Crippen LogP contribution is 2.41. The highest BCUT2D eigenvalue weighted by Gasteiger charge is 2.40. The van der Waals surface area contributed by atoms with Crippen molar-refractivity contribution in [2.45, 2.75) is 44.2 Å². The lowest BCUT2D eigenvalue weighted by molar-refractivity contribution is -0.140. The quantitative estimate of drug-likeness (QED) is 0.839. The number of rotatable bonds is 5. The Morgan fingerprint density at radius 2 is 2.09 bits per heavy atom. The van der Waals surface area contributed by atoms with Gasteiger partial charge in [-0.15, -0.1) is 0 Å². The average Bonchev–Trinajstić information content (AvgIpc) is 2.44. The molecule has 22 heavy (non-hydrogen) atoms. The van der Waals surface area contributed by atoms with Crippen LogP contribution in [0.3, 0.4) is 0 Å². The molecular formula is C17H22ClNO3. The number of aliphatic imine (C=N–C) groups is 1. The highest BCUT2D eigenvalue weighted by atomic mass is 35.5. The molecule has 120 valence electrons. The van der Waals surface area contributed by atoms with E-state index in [0.29, 0.717) is 11.6 Å². The van der Waals surface area contributed by atoms with E-state index >= 15 is 0 Å². The second-order valence-corrected chi connectivity index (χ2v) is 6.84. The van der Waals surface area contributed by atoms with Crippen molar-refractivity contribution in [3.8, 4) is 0 Å². The Kier molecular flexibility index (Phi) is 5.24. The van der Waals surface area contributed by atoms with Crippen LogP contribution in [0.4, 0.5) is 0 Å². The summed E-state index contributed by atoms with van der Waals surface area (Å²) in [6.45, 7) is 8.19. The first-order chi connectivity index (χ1) is 10.3. The van der Waals surface area contributed by atoms with E-state index in [-0.39, 0.29) is 17.4 Å². The molecule has 5 heteroatoms. The zero-order valence-electron chi connectivity index (χ0n) is 13.0. The third kappa shape index (κ3) is 3.87. The molecule has 1 aliphatic heterocycles. The average molecular weight is 324 g/mol. The van der Waals surface area contributed by atoms with Gasteiger partial charge in [0.1, 0.15) is 0 Å². The maximum atomic E-state index is 11.6. The monoisotopic (exact) mass is 323 g/mol. The van der Waals surface area contributed by atoms with E-state index in [1.165, 1.54) is 0 Å². The fourth-order valence-corrected chi connectivity index (χ4v) is 3.45. The number of carbonyl (C=O) groups is 1. The van der Waals surface area contributed by atoms with Gasteiger partial charge in [-0.3, -0.25) is 4.99 Å². The van der Waals surface area contributed by atoms with Crippen LogP contribution < -0.4 is 0 Å². The summed E-state index contributed by atoms with van der Waals surface area (Å²) in [5.41, 5.74) is 0.685. The largest absolute Gasteiger partial charge is 0.480 e. The lowest BCUT2D eigenvalue weighted by atomic mass is 9.73. The molecule has 0 aromatic heterocycles. The standard InChI is InChI=1S/C17H22ClNO3/c1-17(2)10-12(8-9-22-17)14(15(19-3)16(20)21)11-4-6-13(18)7-5-11/h4-7,12,14-15H,3,8-10H2,1-2H3,(H,20,21)/t12-,14-,15-/m0/s1. The SMILES string of the molecule is C=N[C@H](C(=O)O)[C@@H](c1ccc(Cl)cc1)[C@H]1CCOC(C)(C)C1. The molecule has 1 aromatic rings. The summed E-state index contributed by atoms with van der Waals surface area (Å²) >= 11 is 5.95. The molecule has 1 heterocycles. The molecular weight excluding hydrogens is 302 g/mol. The van der Waals surface area contributed by atoms with Crippen molar-refractivity contribution in [1.29, 1.82) is 0 Å². The summed E-state index contributed by atoms with van der Waals surface area (Å²) in [6, 6.07) is 6.49. The first-order valence-electron chi connectivity index (χ1n) is 7.42. The number of carboxylic acid groups (broad SMARTS) is 1. The number of nitrogens with zero attached hydrogens (tertiary/aromatic N) is 1. The fourth-order valence-electron chi connectivity index (χ4n) is 3.33. The molecule has 0 spiro atoms. The Balaban J connectivity index is 2.38. The van der Waals surface area contributed by atoms with E-state index in [1.54, 1.807) is 12.1 Å². The predicted octanol–water partition coefficient (Wildman–Crippen LogP) is 3.78. The molecule has 1 saturated heterocycles. The number of hydrogen-bond donors (Lipinski definition) is 1. The number of aliphatic carboxylic acids is 1. The summed E-state index contributed by atoms with van der Waals surface area (Å²) in [5, 5.41) is 10.2. The highest BCUT2D eigenvalue weighted by molar-refractivity contribution is 6.30. The van der Waals surface area contributed by atoms with Gasteiger partial charge in [0.2, 0.25) is 0 Å². The molecule has 1 aromatic carbocycles. The third-order valence-electron chi connectivity index (χ3n) is 4.29. The molecule has 0 unspecified atom stereocenters. The second kappa shape index (κ2) is 6.80. The Labute approximate surface area is 136 Å². The smallest absolute Gasteiger partial charge is 0.329 e. The van der Waals surface area contributed by atoms with Crippen molar-refractivity contribution in [3.63, 3.8) is 0 Å². The molecule has 1 aliphatic rings. The predicted molar refractivity (Wildman–Crippen MR) is 87.9 cm³/mol. The summed E-state index contributed by atoms with van der Waals surface area (Å²) < 4.78 is 5.76. The molecule has 0 bridgehead atoms. The van der Waals surface area contributed by atoms with Crippen molar-refractivity contribution in [2.24, 2.45) is 10.9 Å². The Morgan fingerprint density at radius 3 is 2.59 bits per heavy atom. The van der Waals surface area contributed by atoms with Gasteiger partial charge in [-0.05, 0) is 57.0 Å². The van der Waals surface area contributed by atoms with Crippen molar-refractivity contribution < 1.29 is 14.6 Å². The van der Waals surface area contributed by atoms with Gasteiger partial charge in [0.15, 0.2) is 6.04 Å². The zero-order valence-corrected chi connectivity index (χ0v) is 13.7. The molecule has 1 N–H and O–H groups in total. The van der Waals surface area contributed by atoms with Crippen LogP contribution in [0.1, 0.15) is 38.2 Å². The van der Waals surface area contributed by atoms with Crippen molar-refractivity contribution in [1.82, 2.24) is 0 Å². The minimum absolute atomic E-state index is 0.177. The number of ether oxygens (including phenoxy) is 1. The van der Waals surface area contributed by atoms with Gasteiger partial charge < -0.3 is 9.84 Å². The maximum absolute atomic E-state index is 11.6. The van der Waals surface area contributed by atoms with Crippen LogP contribution in [0.15, 0.2) is 29.3 Å². The van der Waals surface area contributed by atoms with Crippen LogP contribution >= 0.6 is 11.6 Å². The Bertz CT molecular complexity index is 541. The molecule has 4 nitrogen and oxygen atoms in total. The topological polar surface area (TPSA) is 58.9 Å². The van der Waals surface area contributed by atoms with Gasteiger partial charge in [0.25, 0.3) is 0 Å². The lowest BCUT2D eigenvalue weighted by Crippen LogP contribution is -2.40. The van der Waals surface area contributed by atoms with Crippen LogP contribution in [0.5, 0.6) is 0 Å². The van der Waals surface area contributed by atoms with E-state index in [0.717, 1.165) is 18.4 Å². The fraction of sp³-hybridized carbons (Fsp3) is 0.529. The molecule has 0 aliphatic carbocycles. The van der Waals surface area contributed by atoms with Crippen LogP contribution in [-0.2, 0) is 9.53 Å². The van der Waals surface area contributed by atoms with Gasteiger partial charge in [0.05, 0.1) is 5.60 Å². The van der Waals surface area contributed by atoms with E-state index in [4.69, 9.17) is 16.3 Å². The molecule has 3 atom stereocenters. The molecule has 0 amide bonds. The van der Waals surface area contributed by atoms with E-state index in [2.05, 4.69) is 11.7 Å². The first-order valence-corrected chi connectivity index (χ1v) is 7.80. The first kappa shape index (κ1) is 17.0. The number of benzene rings is 1. The maximum Gasteiger partial charge on any atom is 0.329 e. The molecule has 1 fully saturated rings. The van der Waals surface area contributed by atoms with Crippen molar-refractivity contribution in [3.05, 3.63) is 34.9 Å². The number of carboxylic acids is 1. The second-order valence-electron chi connectivity index (χ2n) is 6.40. The lowest BCUT2D eigenvalue weighted by Gasteiger charge is -2.40. The summed E-state index contributed by atoms with van der Waals surface area (Å²) in [6.07, 6.45) is 1.61. The van der Waals surface area contributed by atoms with E-state index < -0.39 is 12.0 Å². The molecule has 0 radical (unpaired) electrons. The summed E-state index contributed by atoms with van der Waals surface area (Å²) in [7, 11) is 0. The van der Waals surface area contributed by atoms with Crippen LogP contribution in [0.25, 0.3) is 0 Å². The minimum Gasteiger partial charge on any atom is -0.480 e. The number of halogens is 1. The van der Waals surface area contributed by atoms with Crippen molar-refractivity contribution in [2.75, 3.05) is 6.61 Å². The van der Waals surface area contributed by atoms with Gasteiger partial charge in [-0.25, -0.2) is 4.79 Å². The molecule has 2 rings (SSSR count). The zero-order chi connectivity index (χ0) is 16.3. The van der Waals surface area contributed by atoms with Gasteiger partial charge >= 0.3 is 5.97 Å². The minimum atomic E-state index is -0.945. The third-order valence-corrected chi connectivity index (χ3v) is 4.54. The van der Waals surface area contributed by atoms with E-state index in [9.17, 15) is 9.90 Å². The van der Waals surface area contributed by atoms with Gasteiger partial charge in [-0.1, -0.05) is 23.7 Å². The Hall–Kier alpha value is -1.39. The van der Waals surface area contributed by atoms with E-state index in [1.807, 2.05) is 26.0 Å². The van der Waals surface area contributed by atoms with Crippen LogP contribution in [-0.4, -0.2) is 36.0 Å². The summed E-state index contributed by atoms with van der Waals surface area (Å²) in [5.74, 6) is -0.994. The van der Waals surface area contributed by atoms with Gasteiger partial charge in [0, 0.05) is 17.5 Å².